The van der Waals surface area contributed by atoms with Crippen molar-refractivity contribution >= 4 is 0 Å². The first-order chi connectivity index (χ1) is 6.36. The van der Waals surface area contributed by atoms with Crippen molar-refractivity contribution in [2.75, 3.05) is 19.8 Å². The Morgan fingerprint density at radius 1 is 1.54 bits per heavy atom. The highest BCUT2D eigenvalue weighted by Crippen LogP contribution is 2.14. The van der Waals surface area contributed by atoms with E-state index in [1.807, 2.05) is 0 Å². The smallest absolute Gasteiger partial charge is 0.250 e. The standard InChI is InChI=1S/C8H10N2O3/c11-7-1-2-9-8(10-7)6-5-12-3-4-13-6/h1-2,6H,3-5H2,(H,9,10,11). The molecule has 5 heteroatoms. The lowest BCUT2D eigenvalue weighted by Gasteiger charge is -2.21. The lowest BCUT2D eigenvalue weighted by Crippen LogP contribution is -2.25. The van der Waals surface area contributed by atoms with Gasteiger partial charge >= 0.3 is 0 Å². The number of rotatable bonds is 1. The second-order valence-electron chi connectivity index (χ2n) is 2.75. The molecule has 0 radical (unpaired) electrons. The highest BCUT2D eigenvalue weighted by molar-refractivity contribution is 4.94. The lowest BCUT2D eigenvalue weighted by atomic mass is 10.3. The van der Waals surface area contributed by atoms with Crippen molar-refractivity contribution < 1.29 is 9.47 Å². The number of H-pyrrole nitrogens is 1. The van der Waals surface area contributed by atoms with Crippen LogP contribution < -0.4 is 5.56 Å². The first-order valence-corrected chi connectivity index (χ1v) is 4.11. The molecule has 1 aromatic rings. The van der Waals surface area contributed by atoms with Crippen LogP contribution in [0.3, 0.4) is 0 Å². The highest BCUT2D eigenvalue weighted by Gasteiger charge is 2.18. The second kappa shape index (κ2) is 3.68. The van der Waals surface area contributed by atoms with Gasteiger partial charge in [0, 0.05) is 12.3 Å². The Labute approximate surface area is 74.7 Å². The summed E-state index contributed by atoms with van der Waals surface area (Å²) in [5.74, 6) is 0.534. The molecule has 1 fully saturated rings. The second-order valence-corrected chi connectivity index (χ2v) is 2.75. The summed E-state index contributed by atoms with van der Waals surface area (Å²) in [6, 6.07) is 1.37. The van der Waals surface area contributed by atoms with Crippen LogP contribution in [0.15, 0.2) is 17.1 Å². The molecule has 1 N–H and O–H groups in total. The molecule has 0 amide bonds. The van der Waals surface area contributed by atoms with E-state index in [2.05, 4.69) is 9.97 Å². The van der Waals surface area contributed by atoms with Gasteiger partial charge in [0.2, 0.25) is 0 Å². The van der Waals surface area contributed by atoms with Crippen molar-refractivity contribution in [3.63, 3.8) is 0 Å². The van der Waals surface area contributed by atoms with Gasteiger partial charge in [0.05, 0.1) is 19.8 Å². The van der Waals surface area contributed by atoms with Crippen LogP contribution in [0.25, 0.3) is 0 Å². The van der Waals surface area contributed by atoms with Gasteiger partial charge in [-0.15, -0.1) is 0 Å². The Kier molecular flexibility index (Phi) is 2.37. The third-order valence-corrected chi connectivity index (χ3v) is 1.81. The molecule has 1 aliphatic rings. The van der Waals surface area contributed by atoms with Gasteiger partial charge < -0.3 is 14.5 Å². The van der Waals surface area contributed by atoms with E-state index < -0.39 is 0 Å². The quantitative estimate of drug-likeness (QED) is 0.656. The summed E-state index contributed by atoms with van der Waals surface area (Å²) in [6.45, 7) is 1.60. The van der Waals surface area contributed by atoms with Crippen molar-refractivity contribution in [1.29, 1.82) is 0 Å². The fourth-order valence-corrected chi connectivity index (χ4v) is 1.19. The van der Waals surface area contributed by atoms with Crippen LogP contribution >= 0.6 is 0 Å². The fourth-order valence-electron chi connectivity index (χ4n) is 1.19. The van der Waals surface area contributed by atoms with Gasteiger partial charge in [-0.25, -0.2) is 4.98 Å². The molecule has 0 saturated carbocycles. The van der Waals surface area contributed by atoms with Crippen LogP contribution in [-0.2, 0) is 9.47 Å². The molecule has 0 aliphatic carbocycles. The van der Waals surface area contributed by atoms with E-state index in [-0.39, 0.29) is 11.7 Å². The third kappa shape index (κ3) is 1.93. The van der Waals surface area contributed by atoms with Crippen molar-refractivity contribution in [3.05, 3.63) is 28.4 Å². The molecule has 0 aromatic carbocycles. The van der Waals surface area contributed by atoms with Crippen LogP contribution in [0.4, 0.5) is 0 Å². The zero-order valence-electron chi connectivity index (χ0n) is 7.03. The minimum atomic E-state index is -0.234. The topological polar surface area (TPSA) is 64.2 Å². The van der Waals surface area contributed by atoms with Crippen LogP contribution in [0.5, 0.6) is 0 Å². The molecule has 1 saturated heterocycles. The van der Waals surface area contributed by atoms with Crippen LogP contribution in [0, 0.1) is 0 Å². The Morgan fingerprint density at radius 2 is 2.46 bits per heavy atom. The first-order valence-electron chi connectivity index (χ1n) is 4.11. The average Bonchev–Trinajstić information content (AvgIpc) is 2.19. The van der Waals surface area contributed by atoms with Gasteiger partial charge in [-0.05, 0) is 0 Å². The van der Waals surface area contributed by atoms with Gasteiger partial charge in [0.25, 0.3) is 5.56 Å². The molecule has 2 rings (SSSR count). The predicted molar refractivity (Wildman–Crippen MR) is 44.4 cm³/mol. The summed E-state index contributed by atoms with van der Waals surface area (Å²) in [6.07, 6.45) is 1.23. The molecule has 70 valence electrons. The number of hydrogen-bond donors (Lipinski definition) is 1. The molecular weight excluding hydrogens is 172 g/mol. The third-order valence-electron chi connectivity index (χ3n) is 1.81. The summed E-state index contributed by atoms with van der Waals surface area (Å²) < 4.78 is 10.6. The zero-order valence-corrected chi connectivity index (χ0v) is 7.03. The molecule has 2 heterocycles. The maximum absolute atomic E-state index is 10.9. The van der Waals surface area contributed by atoms with E-state index in [0.717, 1.165) is 0 Å². The molecular formula is C8H10N2O3. The minimum absolute atomic E-state index is 0.167. The number of aromatic amines is 1. The van der Waals surface area contributed by atoms with Crippen molar-refractivity contribution in [2.24, 2.45) is 0 Å². The molecule has 1 aliphatic heterocycles. The van der Waals surface area contributed by atoms with Crippen LogP contribution in [0.2, 0.25) is 0 Å². The van der Waals surface area contributed by atoms with Crippen LogP contribution in [-0.4, -0.2) is 29.8 Å². The van der Waals surface area contributed by atoms with Crippen molar-refractivity contribution in [2.45, 2.75) is 6.10 Å². The molecule has 0 bridgehead atoms. The van der Waals surface area contributed by atoms with E-state index in [9.17, 15) is 4.79 Å². The highest BCUT2D eigenvalue weighted by atomic mass is 16.6. The summed E-state index contributed by atoms with van der Waals surface area (Å²) in [5, 5.41) is 0. The van der Waals surface area contributed by atoms with Gasteiger partial charge in [0.15, 0.2) is 0 Å². The van der Waals surface area contributed by atoms with Crippen molar-refractivity contribution in [3.8, 4) is 0 Å². The molecule has 5 nitrogen and oxygen atoms in total. The molecule has 1 aromatic heterocycles. The first kappa shape index (κ1) is 8.40. The molecule has 1 unspecified atom stereocenters. The summed E-state index contributed by atoms with van der Waals surface area (Å²) in [5.41, 5.74) is -0.167. The predicted octanol–water partition coefficient (Wildman–Crippen LogP) is -0.142. The van der Waals surface area contributed by atoms with E-state index in [0.29, 0.717) is 25.6 Å². The van der Waals surface area contributed by atoms with E-state index >= 15 is 0 Å². The number of hydrogen-bond acceptors (Lipinski definition) is 4. The molecule has 0 spiro atoms. The van der Waals surface area contributed by atoms with E-state index in [4.69, 9.17) is 9.47 Å². The van der Waals surface area contributed by atoms with E-state index in [1.165, 1.54) is 12.3 Å². The average molecular weight is 182 g/mol. The minimum Gasteiger partial charge on any atom is -0.376 e. The Balaban J connectivity index is 2.19. The summed E-state index contributed by atoms with van der Waals surface area (Å²) in [4.78, 5) is 17.5. The number of nitrogens with one attached hydrogen (secondary N) is 1. The van der Waals surface area contributed by atoms with Gasteiger partial charge in [-0.1, -0.05) is 0 Å². The maximum atomic E-state index is 10.9. The largest absolute Gasteiger partial charge is 0.376 e. The Hall–Kier alpha value is -1.20. The Bertz CT molecular complexity index is 330. The molecule has 1 atom stereocenters. The lowest BCUT2D eigenvalue weighted by molar-refractivity contribution is -0.0936. The van der Waals surface area contributed by atoms with E-state index in [1.54, 1.807) is 0 Å². The number of ether oxygens (including phenoxy) is 2. The number of nitrogens with zero attached hydrogens (tertiary/aromatic N) is 1. The monoisotopic (exact) mass is 182 g/mol. The van der Waals surface area contributed by atoms with Gasteiger partial charge in [0.1, 0.15) is 11.9 Å². The zero-order chi connectivity index (χ0) is 9.10. The fraction of sp³-hybridized carbons (Fsp3) is 0.500. The Morgan fingerprint density at radius 3 is 3.15 bits per heavy atom. The maximum Gasteiger partial charge on any atom is 0.250 e. The summed E-state index contributed by atoms with van der Waals surface area (Å²) >= 11 is 0. The number of aromatic nitrogens is 2. The van der Waals surface area contributed by atoms with Crippen molar-refractivity contribution in [1.82, 2.24) is 9.97 Å². The van der Waals surface area contributed by atoms with Gasteiger partial charge in [-0.2, -0.15) is 0 Å². The SMILES string of the molecule is O=c1ccnc(C2COCCO2)[nH]1. The normalized spacial score (nSPS) is 22.9. The van der Waals surface area contributed by atoms with Gasteiger partial charge in [-0.3, -0.25) is 4.79 Å². The molecule has 13 heavy (non-hydrogen) atoms. The van der Waals surface area contributed by atoms with Crippen LogP contribution in [0.1, 0.15) is 11.9 Å². The summed E-state index contributed by atoms with van der Waals surface area (Å²) in [7, 11) is 0.